The molecule has 13 heavy (non-hydrogen) atoms. The zero-order valence-corrected chi connectivity index (χ0v) is 9.28. The fourth-order valence-corrected chi connectivity index (χ4v) is 1.50. The minimum atomic E-state index is -0.270. The van der Waals surface area contributed by atoms with Crippen LogP contribution in [0.2, 0.25) is 0 Å². The van der Waals surface area contributed by atoms with Crippen molar-refractivity contribution in [1.82, 2.24) is 4.34 Å². The van der Waals surface area contributed by atoms with Gasteiger partial charge in [-0.05, 0) is 41.8 Å². The lowest BCUT2D eigenvalue weighted by molar-refractivity contribution is 0.0518. The van der Waals surface area contributed by atoms with Gasteiger partial charge in [-0.1, -0.05) is 0 Å². The number of aryl methyl sites for hydroxylation is 1. The Labute approximate surface area is 80.3 Å². The molecule has 0 aromatic carbocycles. The minimum Gasteiger partial charge on any atom is -0.461 e. The fourth-order valence-electron chi connectivity index (χ4n) is 1.11. The first-order valence-corrected chi connectivity index (χ1v) is 4.70. The fraction of sp³-hybridized carbons (Fsp3) is 0.444. The number of ether oxygens (including phenoxy) is 1. The molecular weight excluding hydrogens is 185 g/mol. The summed E-state index contributed by atoms with van der Waals surface area (Å²) in [6.07, 6.45) is 0. The quantitative estimate of drug-likeness (QED) is 0.538. The van der Waals surface area contributed by atoms with Gasteiger partial charge in [-0.25, -0.2) is 4.79 Å². The van der Waals surface area contributed by atoms with Crippen LogP contribution in [-0.2, 0) is 4.74 Å². The summed E-state index contributed by atoms with van der Waals surface area (Å²) in [7, 11) is 2.50. The largest absolute Gasteiger partial charge is 0.461 e. The first-order chi connectivity index (χ1) is 6.07. The minimum absolute atomic E-state index is 0.270. The second-order valence-electron chi connectivity index (χ2n) is 2.89. The number of carbonyl (C=O) groups excluding carboxylic acids is 1. The topological polar surface area (TPSA) is 31.2 Å². The third kappa shape index (κ3) is 1.92. The Kier molecular flexibility index (Phi) is 3.10. The number of nitrogens with zero attached hydrogens (tertiary/aromatic N) is 1. The number of rotatable bonds is 2. The zero-order chi connectivity index (χ0) is 10.0. The Balaban J connectivity index is 3.01. The molecule has 0 saturated heterocycles. The van der Waals surface area contributed by atoms with Crippen molar-refractivity contribution < 1.29 is 9.53 Å². The van der Waals surface area contributed by atoms with Gasteiger partial charge in [0.1, 0.15) is 5.69 Å². The maximum Gasteiger partial charge on any atom is 0.355 e. The van der Waals surface area contributed by atoms with Gasteiger partial charge in [0.2, 0.25) is 0 Å². The summed E-state index contributed by atoms with van der Waals surface area (Å²) < 4.78 is 6.68. The molecule has 72 valence electrons. The second-order valence-corrected chi connectivity index (χ2v) is 3.40. The van der Waals surface area contributed by atoms with Crippen molar-refractivity contribution in [3.8, 4) is 0 Å². The van der Waals surface area contributed by atoms with Gasteiger partial charge < -0.3 is 9.07 Å². The lowest BCUT2D eigenvalue weighted by Crippen LogP contribution is -2.07. The van der Waals surface area contributed by atoms with E-state index < -0.39 is 0 Å². The van der Waals surface area contributed by atoms with E-state index in [1.807, 2.05) is 19.9 Å². The van der Waals surface area contributed by atoms with Gasteiger partial charge in [0.05, 0.1) is 6.61 Å². The molecule has 1 heterocycles. The number of carbonyl (C=O) groups is 1. The van der Waals surface area contributed by atoms with Crippen LogP contribution in [0.5, 0.6) is 0 Å². The lowest BCUT2D eigenvalue weighted by atomic mass is 10.3. The summed E-state index contributed by atoms with van der Waals surface area (Å²) in [5.74, 6) is -0.270. The molecule has 0 aliphatic carbocycles. The van der Waals surface area contributed by atoms with E-state index in [9.17, 15) is 4.79 Å². The predicted octanol–water partition coefficient (Wildman–Crippen LogP) is 1.92. The maximum absolute atomic E-state index is 11.4. The number of aromatic nitrogens is 1. The summed E-state index contributed by atoms with van der Waals surface area (Å²) in [5, 5.41) is 0. The van der Waals surface area contributed by atoms with Crippen LogP contribution in [0, 0.1) is 13.8 Å². The van der Waals surface area contributed by atoms with Crippen LogP contribution in [-0.4, -0.2) is 16.9 Å². The Morgan fingerprint density at radius 1 is 1.62 bits per heavy atom. The van der Waals surface area contributed by atoms with Crippen molar-refractivity contribution in [1.29, 1.82) is 0 Å². The van der Waals surface area contributed by atoms with Gasteiger partial charge in [0.25, 0.3) is 0 Å². The molecule has 3 nitrogen and oxygen atoms in total. The van der Waals surface area contributed by atoms with Crippen molar-refractivity contribution in [3.63, 3.8) is 0 Å². The summed E-state index contributed by atoms with van der Waals surface area (Å²) >= 11 is 0. The Morgan fingerprint density at radius 2 is 2.23 bits per heavy atom. The van der Waals surface area contributed by atoms with Gasteiger partial charge in [-0.3, -0.25) is 0 Å². The molecule has 4 heteroatoms. The van der Waals surface area contributed by atoms with Crippen LogP contribution < -0.4 is 0 Å². The third-order valence-corrected chi connectivity index (χ3v) is 2.69. The summed E-state index contributed by atoms with van der Waals surface area (Å²) in [6, 6.07) is 1.83. The molecule has 0 amide bonds. The number of hydrogen-bond donors (Lipinski definition) is 0. The molecule has 0 aliphatic heterocycles. The molecule has 0 saturated carbocycles. The van der Waals surface area contributed by atoms with Crippen LogP contribution in [0.15, 0.2) is 6.07 Å². The van der Waals surface area contributed by atoms with Crippen LogP contribution >= 0.6 is 9.39 Å². The standard InChI is InChI=1S/C9H14NO2P/c1-4-12-9(11)8-5-6(2)7(3)10(8)13/h5H,4,13H2,1-3H3. The van der Waals surface area contributed by atoms with Crippen molar-refractivity contribution in [2.75, 3.05) is 6.61 Å². The second kappa shape index (κ2) is 3.93. The van der Waals surface area contributed by atoms with Crippen LogP contribution in [0.25, 0.3) is 0 Å². The van der Waals surface area contributed by atoms with Crippen LogP contribution in [0.4, 0.5) is 0 Å². The van der Waals surface area contributed by atoms with Crippen LogP contribution in [0.1, 0.15) is 28.7 Å². The molecule has 1 rings (SSSR count). The normalized spacial score (nSPS) is 10.2. The predicted molar refractivity (Wildman–Crippen MR) is 55.0 cm³/mol. The average Bonchev–Trinajstić information content (AvgIpc) is 2.33. The van der Waals surface area contributed by atoms with E-state index >= 15 is 0 Å². The van der Waals surface area contributed by atoms with Crippen molar-refractivity contribution in [3.05, 3.63) is 23.0 Å². The molecule has 0 N–H and O–H groups in total. The van der Waals surface area contributed by atoms with E-state index in [-0.39, 0.29) is 5.97 Å². The summed E-state index contributed by atoms with van der Waals surface area (Å²) in [5.41, 5.74) is 2.74. The molecule has 1 aromatic heterocycles. The van der Waals surface area contributed by atoms with E-state index in [0.717, 1.165) is 11.3 Å². The molecule has 0 aliphatic rings. The first-order valence-electron chi connectivity index (χ1n) is 4.19. The third-order valence-electron chi connectivity index (χ3n) is 2.03. The van der Waals surface area contributed by atoms with Gasteiger partial charge in [0.15, 0.2) is 0 Å². The smallest absolute Gasteiger partial charge is 0.355 e. The monoisotopic (exact) mass is 199 g/mol. The number of hydrogen-bond acceptors (Lipinski definition) is 2. The van der Waals surface area contributed by atoms with Crippen LogP contribution in [0.3, 0.4) is 0 Å². The van der Waals surface area contributed by atoms with Gasteiger partial charge in [-0.2, -0.15) is 0 Å². The highest BCUT2D eigenvalue weighted by Gasteiger charge is 2.13. The molecule has 0 radical (unpaired) electrons. The van der Waals surface area contributed by atoms with E-state index in [1.165, 1.54) is 0 Å². The molecule has 0 spiro atoms. The van der Waals surface area contributed by atoms with Crippen molar-refractivity contribution in [2.45, 2.75) is 20.8 Å². The summed E-state index contributed by atoms with van der Waals surface area (Å²) in [6.45, 7) is 6.14. The van der Waals surface area contributed by atoms with E-state index in [0.29, 0.717) is 12.3 Å². The van der Waals surface area contributed by atoms with E-state index in [1.54, 1.807) is 11.3 Å². The Bertz CT molecular complexity index is 331. The maximum atomic E-state index is 11.4. The van der Waals surface area contributed by atoms with E-state index in [4.69, 9.17) is 4.74 Å². The Hall–Kier alpha value is -0.820. The molecule has 1 unspecified atom stereocenters. The molecular formula is C9H14NO2P. The van der Waals surface area contributed by atoms with Crippen molar-refractivity contribution >= 4 is 15.4 Å². The molecule has 0 fully saturated rings. The zero-order valence-electron chi connectivity index (χ0n) is 8.13. The highest BCUT2D eigenvalue weighted by molar-refractivity contribution is 7.14. The number of esters is 1. The Morgan fingerprint density at radius 3 is 2.62 bits per heavy atom. The SMILES string of the molecule is CCOC(=O)c1cc(C)c(C)n1P. The molecule has 1 atom stereocenters. The molecule has 1 aromatic rings. The first kappa shape index (κ1) is 10.3. The average molecular weight is 199 g/mol. The van der Waals surface area contributed by atoms with Gasteiger partial charge >= 0.3 is 5.97 Å². The lowest BCUT2D eigenvalue weighted by Gasteiger charge is -2.03. The summed E-state index contributed by atoms with van der Waals surface area (Å²) in [4.78, 5) is 11.4. The molecule has 0 bridgehead atoms. The van der Waals surface area contributed by atoms with E-state index in [2.05, 4.69) is 9.39 Å². The van der Waals surface area contributed by atoms with Gasteiger partial charge in [-0.15, -0.1) is 0 Å². The highest BCUT2D eigenvalue weighted by Crippen LogP contribution is 2.17. The highest BCUT2D eigenvalue weighted by atomic mass is 31.0. The van der Waals surface area contributed by atoms with Crippen molar-refractivity contribution in [2.24, 2.45) is 0 Å². The van der Waals surface area contributed by atoms with Gasteiger partial charge in [0, 0.05) is 5.69 Å².